The largest absolute Gasteiger partial charge is 0.508 e. The summed E-state index contributed by atoms with van der Waals surface area (Å²) in [5.74, 6) is -0.141. The third kappa shape index (κ3) is 1.71. The van der Waals surface area contributed by atoms with Gasteiger partial charge in [-0.2, -0.15) is 0 Å². The number of rotatable bonds is 1. The second-order valence-corrected chi connectivity index (χ2v) is 2.92. The van der Waals surface area contributed by atoms with E-state index in [-0.39, 0.29) is 11.6 Å². The Labute approximate surface area is 73.0 Å². The highest BCUT2D eigenvalue weighted by Crippen LogP contribution is 2.22. The quantitative estimate of drug-likeness (QED) is 0.720. The van der Waals surface area contributed by atoms with E-state index < -0.39 is 0 Å². The van der Waals surface area contributed by atoms with E-state index in [2.05, 4.69) is 15.9 Å². The molecule has 0 unspecified atom stereocenters. The number of aromatic hydroxyl groups is 1. The smallest absolute Gasteiger partial charge is 0.127 e. The molecule has 1 aromatic carbocycles. The number of aryl methyl sites for hydroxylation is 1. The van der Waals surface area contributed by atoms with Crippen molar-refractivity contribution in [1.29, 1.82) is 0 Å². The van der Waals surface area contributed by atoms with Crippen molar-refractivity contribution in [3.05, 3.63) is 29.1 Å². The first-order chi connectivity index (χ1) is 5.15. The molecule has 0 atom stereocenters. The molecule has 1 N–H and O–H groups in total. The van der Waals surface area contributed by atoms with Crippen LogP contribution in [0.2, 0.25) is 0 Å². The van der Waals surface area contributed by atoms with Crippen molar-refractivity contribution in [2.24, 2.45) is 0 Å². The summed E-state index contributed by atoms with van der Waals surface area (Å²) < 4.78 is 12.9. The van der Waals surface area contributed by atoms with Crippen LogP contribution in [-0.4, -0.2) is 5.11 Å². The molecule has 0 aliphatic heterocycles. The average Bonchev–Trinajstić information content (AvgIpc) is 1.97. The monoisotopic (exact) mass is 218 g/mol. The van der Waals surface area contributed by atoms with E-state index in [1.54, 1.807) is 6.92 Å². The highest BCUT2D eigenvalue weighted by Gasteiger charge is 2.04. The second-order valence-electron chi connectivity index (χ2n) is 2.36. The lowest BCUT2D eigenvalue weighted by Gasteiger charge is -2.02. The van der Waals surface area contributed by atoms with Gasteiger partial charge >= 0.3 is 0 Å². The molecule has 0 spiro atoms. The summed E-state index contributed by atoms with van der Waals surface area (Å²) in [6.45, 7) is 1.66. The Balaban J connectivity index is 3.21. The van der Waals surface area contributed by atoms with Gasteiger partial charge in [-0.15, -0.1) is 0 Å². The SMILES string of the molecule is Cc1cc(F)c(CBr)cc1O. The van der Waals surface area contributed by atoms with Crippen LogP contribution in [0.3, 0.4) is 0 Å². The van der Waals surface area contributed by atoms with Gasteiger partial charge in [0.1, 0.15) is 11.6 Å². The van der Waals surface area contributed by atoms with Crippen LogP contribution in [0.4, 0.5) is 4.39 Å². The van der Waals surface area contributed by atoms with E-state index in [0.717, 1.165) is 0 Å². The fraction of sp³-hybridized carbons (Fsp3) is 0.250. The molecule has 60 valence electrons. The molecule has 0 radical (unpaired) electrons. The van der Waals surface area contributed by atoms with Gasteiger partial charge in [-0.1, -0.05) is 15.9 Å². The van der Waals surface area contributed by atoms with Gasteiger partial charge in [-0.3, -0.25) is 0 Å². The van der Waals surface area contributed by atoms with Crippen molar-refractivity contribution in [2.75, 3.05) is 0 Å². The van der Waals surface area contributed by atoms with Gasteiger partial charge in [0.2, 0.25) is 0 Å². The number of phenols is 1. The Morgan fingerprint density at radius 1 is 1.55 bits per heavy atom. The minimum atomic E-state index is -0.280. The highest BCUT2D eigenvalue weighted by atomic mass is 79.9. The first-order valence-corrected chi connectivity index (χ1v) is 4.31. The molecule has 0 aromatic heterocycles. The first kappa shape index (κ1) is 8.53. The van der Waals surface area contributed by atoms with E-state index in [0.29, 0.717) is 16.5 Å². The molecule has 0 saturated heterocycles. The Kier molecular flexibility index (Phi) is 2.49. The fourth-order valence-electron chi connectivity index (χ4n) is 0.807. The summed E-state index contributed by atoms with van der Waals surface area (Å²) in [7, 11) is 0. The van der Waals surface area contributed by atoms with E-state index in [4.69, 9.17) is 5.11 Å². The molecule has 0 heterocycles. The molecule has 0 saturated carbocycles. The molecule has 0 fully saturated rings. The molecule has 0 amide bonds. The second kappa shape index (κ2) is 3.22. The lowest BCUT2D eigenvalue weighted by atomic mass is 10.1. The van der Waals surface area contributed by atoms with Crippen LogP contribution in [0.15, 0.2) is 12.1 Å². The number of hydrogen-bond acceptors (Lipinski definition) is 1. The van der Waals surface area contributed by atoms with E-state index in [1.807, 2.05) is 0 Å². The lowest BCUT2D eigenvalue weighted by molar-refractivity contribution is 0.467. The molecule has 1 aromatic rings. The van der Waals surface area contributed by atoms with Gasteiger partial charge in [0.25, 0.3) is 0 Å². The predicted octanol–water partition coefficient (Wildman–Crippen LogP) is 2.73. The van der Waals surface area contributed by atoms with Crippen LogP contribution in [0.1, 0.15) is 11.1 Å². The van der Waals surface area contributed by atoms with Crippen LogP contribution in [0.25, 0.3) is 0 Å². The number of benzene rings is 1. The van der Waals surface area contributed by atoms with Crippen molar-refractivity contribution in [3.8, 4) is 5.75 Å². The Morgan fingerprint density at radius 2 is 2.18 bits per heavy atom. The summed E-state index contributed by atoms with van der Waals surface area (Å²) >= 11 is 3.12. The van der Waals surface area contributed by atoms with Gasteiger partial charge in [-0.25, -0.2) is 4.39 Å². The van der Waals surface area contributed by atoms with Gasteiger partial charge in [0, 0.05) is 10.9 Å². The van der Waals surface area contributed by atoms with E-state index in [9.17, 15) is 4.39 Å². The molecule has 1 rings (SSSR count). The molecule has 1 nitrogen and oxygen atoms in total. The van der Waals surface area contributed by atoms with Gasteiger partial charge in [-0.05, 0) is 24.6 Å². The van der Waals surface area contributed by atoms with Crippen molar-refractivity contribution in [1.82, 2.24) is 0 Å². The Hall–Kier alpha value is -0.570. The minimum absolute atomic E-state index is 0.140. The Morgan fingerprint density at radius 3 is 2.73 bits per heavy atom. The van der Waals surface area contributed by atoms with E-state index >= 15 is 0 Å². The van der Waals surface area contributed by atoms with Crippen LogP contribution >= 0.6 is 15.9 Å². The molecule has 0 bridgehead atoms. The number of hydrogen-bond donors (Lipinski definition) is 1. The third-order valence-electron chi connectivity index (χ3n) is 1.51. The van der Waals surface area contributed by atoms with Gasteiger partial charge < -0.3 is 5.11 Å². The summed E-state index contributed by atoms with van der Waals surface area (Å²) in [4.78, 5) is 0. The topological polar surface area (TPSA) is 20.2 Å². The zero-order chi connectivity index (χ0) is 8.43. The average molecular weight is 219 g/mol. The molecular weight excluding hydrogens is 211 g/mol. The molecule has 3 heteroatoms. The minimum Gasteiger partial charge on any atom is -0.508 e. The van der Waals surface area contributed by atoms with Gasteiger partial charge in [0.05, 0.1) is 0 Å². The lowest BCUT2D eigenvalue weighted by Crippen LogP contribution is -1.87. The van der Waals surface area contributed by atoms with Crippen LogP contribution in [-0.2, 0) is 5.33 Å². The van der Waals surface area contributed by atoms with Crippen LogP contribution in [0.5, 0.6) is 5.75 Å². The maximum Gasteiger partial charge on any atom is 0.127 e. The van der Waals surface area contributed by atoms with Crippen LogP contribution in [0, 0.1) is 12.7 Å². The maximum atomic E-state index is 12.9. The fourth-order valence-corrected chi connectivity index (χ4v) is 1.24. The van der Waals surface area contributed by atoms with Crippen molar-refractivity contribution < 1.29 is 9.50 Å². The zero-order valence-electron chi connectivity index (χ0n) is 6.06. The zero-order valence-corrected chi connectivity index (χ0v) is 7.65. The maximum absolute atomic E-state index is 12.9. The number of alkyl halides is 1. The Bertz CT molecular complexity index is 273. The van der Waals surface area contributed by atoms with Crippen molar-refractivity contribution >= 4 is 15.9 Å². The summed E-state index contributed by atoms with van der Waals surface area (Å²) in [5.41, 5.74) is 1.04. The summed E-state index contributed by atoms with van der Waals surface area (Å²) in [6, 6.07) is 2.76. The normalized spacial score (nSPS) is 10.1. The van der Waals surface area contributed by atoms with Crippen molar-refractivity contribution in [2.45, 2.75) is 12.3 Å². The van der Waals surface area contributed by atoms with Crippen LogP contribution < -0.4 is 0 Å². The molecule has 0 aliphatic carbocycles. The number of halogens is 2. The summed E-state index contributed by atoms with van der Waals surface area (Å²) in [5, 5.41) is 9.59. The highest BCUT2D eigenvalue weighted by molar-refractivity contribution is 9.08. The van der Waals surface area contributed by atoms with E-state index in [1.165, 1.54) is 12.1 Å². The molecule has 11 heavy (non-hydrogen) atoms. The number of phenolic OH excluding ortho intramolecular Hbond substituents is 1. The van der Waals surface area contributed by atoms with Gasteiger partial charge in [0.15, 0.2) is 0 Å². The predicted molar refractivity (Wildman–Crippen MR) is 45.4 cm³/mol. The third-order valence-corrected chi connectivity index (χ3v) is 2.11. The standard InChI is InChI=1S/C8H8BrFO/c1-5-2-7(10)6(4-9)3-8(5)11/h2-3,11H,4H2,1H3. The first-order valence-electron chi connectivity index (χ1n) is 3.19. The molecular formula is C8H8BrFO. The van der Waals surface area contributed by atoms with Crippen molar-refractivity contribution in [3.63, 3.8) is 0 Å². The molecule has 0 aliphatic rings. The summed E-state index contributed by atoms with van der Waals surface area (Å²) in [6.07, 6.45) is 0.